The van der Waals surface area contributed by atoms with E-state index in [0.717, 1.165) is 16.9 Å². The minimum absolute atomic E-state index is 0.00806. The van der Waals surface area contributed by atoms with Gasteiger partial charge in [0.2, 0.25) is 11.8 Å². The lowest BCUT2D eigenvalue weighted by Crippen LogP contribution is -2.34. The van der Waals surface area contributed by atoms with Crippen molar-refractivity contribution >= 4 is 11.8 Å². The van der Waals surface area contributed by atoms with Crippen molar-refractivity contribution in [2.45, 2.75) is 19.0 Å². The lowest BCUT2D eigenvalue weighted by Gasteiger charge is -2.25. The molecule has 0 aromatic heterocycles. The van der Waals surface area contributed by atoms with E-state index in [0.29, 0.717) is 6.54 Å². The van der Waals surface area contributed by atoms with Gasteiger partial charge in [-0.15, -0.1) is 0 Å². The Kier molecular flexibility index (Phi) is 5.03. The van der Waals surface area contributed by atoms with Gasteiger partial charge in [-0.05, 0) is 11.6 Å². The molecule has 1 heterocycles. The van der Waals surface area contributed by atoms with Crippen LogP contribution in [0.2, 0.25) is 0 Å². The molecule has 5 heteroatoms. The Morgan fingerprint density at radius 2 is 1.84 bits per heavy atom. The molecule has 2 amide bonds. The average molecular weight is 338 g/mol. The molecule has 2 atom stereocenters. The molecule has 0 bridgehead atoms. The van der Waals surface area contributed by atoms with Crippen molar-refractivity contribution in [3.05, 3.63) is 65.7 Å². The Bertz CT molecular complexity index is 761. The molecule has 1 N–H and O–H groups in total. The normalized spacial score (nSPS) is 19.8. The van der Waals surface area contributed by atoms with Crippen LogP contribution in [0.3, 0.4) is 0 Å². The number of hydrogen-bond acceptors (Lipinski definition) is 3. The number of ether oxygens (including phenoxy) is 1. The summed E-state index contributed by atoms with van der Waals surface area (Å²) in [5, 5.41) is 2.96. The van der Waals surface area contributed by atoms with E-state index in [1.165, 1.54) is 0 Å². The topological polar surface area (TPSA) is 58.6 Å². The van der Waals surface area contributed by atoms with Crippen molar-refractivity contribution in [1.29, 1.82) is 0 Å². The average Bonchev–Trinajstić information content (AvgIpc) is 2.95. The van der Waals surface area contributed by atoms with Crippen molar-refractivity contribution in [2.75, 3.05) is 14.2 Å². The number of carbonyl (C=O) groups excluding carboxylic acids is 2. The van der Waals surface area contributed by atoms with Gasteiger partial charge in [0.1, 0.15) is 5.75 Å². The summed E-state index contributed by atoms with van der Waals surface area (Å²) in [6.07, 6.45) is 0.230. The summed E-state index contributed by atoms with van der Waals surface area (Å²) < 4.78 is 5.31. The molecule has 2 aromatic rings. The number of rotatable bonds is 5. The van der Waals surface area contributed by atoms with Gasteiger partial charge < -0.3 is 15.0 Å². The summed E-state index contributed by atoms with van der Waals surface area (Å²) in [6.45, 7) is 0.374. The van der Waals surface area contributed by atoms with Gasteiger partial charge in [-0.2, -0.15) is 0 Å². The molecule has 5 nitrogen and oxygen atoms in total. The van der Waals surface area contributed by atoms with Crippen LogP contribution in [0.1, 0.15) is 23.6 Å². The highest BCUT2D eigenvalue weighted by Crippen LogP contribution is 2.37. The van der Waals surface area contributed by atoms with Crippen LogP contribution in [-0.2, 0) is 16.1 Å². The minimum Gasteiger partial charge on any atom is -0.496 e. The van der Waals surface area contributed by atoms with Gasteiger partial charge in [0.05, 0.1) is 19.1 Å². The molecular weight excluding hydrogens is 316 g/mol. The molecule has 3 rings (SSSR count). The SMILES string of the molecule is COc1ccccc1CNC(=O)C1CC(=O)N(C)C1c1ccccc1. The third-order valence-electron chi connectivity index (χ3n) is 4.71. The first kappa shape index (κ1) is 17.0. The van der Waals surface area contributed by atoms with E-state index in [-0.39, 0.29) is 24.3 Å². The standard InChI is InChI=1S/C20H22N2O3/c1-22-18(23)12-16(19(22)14-8-4-3-5-9-14)20(24)21-13-15-10-6-7-11-17(15)25-2/h3-11,16,19H,12-13H2,1-2H3,(H,21,24). The number of nitrogens with one attached hydrogen (secondary N) is 1. The quantitative estimate of drug-likeness (QED) is 0.911. The fourth-order valence-electron chi connectivity index (χ4n) is 3.37. The first-order valence-electron chi connectivity index (χ1n) is 8.32. The van der Waals surface area contributed by atoms with Crippen LogP contribution in [0, 0.1) is 5.92 Å². The van der Waals surface area contributed by atoms with Crippen LogP contribution in [0.5, 0.6) is 5.75 Å². The summed E-state index contributed by atoms with van der Waals surface area (Å²) in [5.74, 6) is 0.223. The highest BCUT2D eigenvalue weighted by molar-refractivity contribution is 5.90. The largest absolute Gasteiger partial charge is 0.496 e. The fourth-order valence-corrected chi connectivity index (χ4v) is 3.37. The predicted octanol–water partition coefficient (Wildman–Crippen LogP) is 2.53. The van der Waals surface area contributed by atoms with Gasteiger partial charge >= 0.3 is 0 Å². The van der Waals surface area contributed by atoms with E-state index < -0.39 is 5.92 Å². The molecule has 0 aliphatic carbocycles. The summed E-state index contributed by atoms with van der Waals surface area (Å²) in [6, 6.07) is 17.0. The maximum Gasteiger partial charge on any atom is 0.226 e. The molecule has 0 spiro atoms. The second kappa shape index (κ2) is 7.38. The summed E-state index contributed by atoms with van der Waals surface area (Å²) in [4.78, 5) is 26.6. The highest BCUT2D eigenvalue weighted by Gasteiger charge is 2.42. The van der Waals surface area contributed by atoms with Crippen LogP contribution >= 0.6 is 0 Å². The minimum atomic E-state index is -0.394. The third kappa shape index (κ3) is 3.50. The second-order valence-corrected chi connectivity index (χ2v) is 6.20. The molecule has 0 radical (unpaired) electrons. The van der Waals surface area contributed by atoms with E-state index in [4.69, 9.17) is 4.74 Å². The molecule has 2 unspecified atom stereocenters. The van der Waals surface area contributed by atoms with Crippen molar-refractivity contribution in [2.24, 2.45) is 5.92 Å². The lowest BCUT2D eigenvalue weighted by molar-refractivity contribution is -0.128. The zero-order chi connectivity index (χ0) is 17.8. The monoisotopic (exact) mass is 338 g/mol. The molecule has 2 aromatic carbocycles. The van der Waals surface area contributed by atoms with E-state index in [1.54, 1.807) is 19.1 Å². The maximum absolute atomic E-state index is 12.8. The Balaban J connectivity index is 1.75. The van der Waals surface area contributed by atoms with Crippen molar-refractivity contribution in [1.82, 2.24) is 10.2 Å². The van der Waals surface area contributed by atoms with Gasteiger partial charge in [-0.1, -0.05) is 48.5 Å². The summed E-state index contributed by atoms with van der Waals surface area (Å²) in [5.41, 5.74) is 1.89. The molecule has 1 fully saturated rings. The van der Waals surface area contributed by atoms with Crippen LogP contribution in [0.25, 0.3) is 0 Å². The second-order valence-electron chi connectivity index (χ2n) is 6.20. The van der Waals surface area contributed by atoms with Crippen LogP contribution in [0.4, 0.5) is 0 Å². The van der Waals surface area contributed by atoms with Crippen LogP contribution in [-0.4, -0.2) is 30.9 Å². The fraction of sp³-hybridized carbons (Fsp3) is 0.300. The zero-order valence-electron chi connectivity index (χ0n) is 14.4. The van der Waals surface area contributed by atoms with E-state index in [1.807, 2.05) is 54.6 Å². The number of likely N-dealkylation sites (tertiary alicyclic amines) is 1. The Labute approximate surface area is 147 Å². The molecule has 1 aliphatic heterocycles. The zero-order valence-corrected chi connectivity index (χ0v) is 14.4. The van der Waals surface area contributed by atoms with E-state index in [9.17, 15) is 9.59 Å². The van der Waals surface area contributed by atoms with E-state index >= 15 is 0 Å². The number of amides is 2. The van der Waals surface area contributed by atoms with Crippen LogP contribution < -0.4 is 10.1 Å². The summed E-state index contributed by atoms with van der Waals surface area (Å²) in [7, 11) is 3.37. The van der Waals surface area contributed by atoms with Gasteiger partial charge in [-0.25, -0.2) is 0 Å². The smallest absolute Gasteiger partial charge is 0.226 e. The number of hydrogen-bond donors (Lipinski definition) is 1. The Hall–Kier alpha value is -2.82. The molecule has 1 aliphatic rings. The van der Waals surface area contributed by atoms with Gasteiger partial charge in [0.15, 0.2) is 0 Å². The van der Waals surface area contributed by atoms with E-state index in [2.05, 4.69) is 5.32 Å². The predicted molar refractivity (Wildman–Crippen MR) is 94.9 cm³/mol. The van der Waals surface area contributed by atoms with Gasteiger partial charge in [0, 0.05) is 25.6 Å². The van der Waals surface area contributed by atoms with Crippen molar-refractivity contribution in [3.8, 4) is 5.75 Å². The number of benzene rings is 2. The maximum atomic E-state index is 12.8. The van der Waals surface area contributed by atoms with Crippen molar-refractivity contribution < 1.29 is 14.3 Å². The molecule has 130 valence electrons. The molecule has 0 saturated carbocycles. The first-order valence-corrected chi connectivity index (χ1v) is 8.32. The molecular formula is C20H22N2O3. The number of carbonyl (C=O) groups is 2. The highest BCUT2D eigenvalue weighted by atomic mass is 16.5. The first-order chi connectivity index (χ1) is 12.1. The summed E-state index contributed by atoms with van der Waals surface area (Å²) >= 11 is 0. The van der Waals surface area contributed by atoms with Crippen molar-refractivity contribution in [3.63, 3.8) is 0 Å². The van der Waals surface area contributed by atoms with Gasteiger partial charge in [0.25, 0.3) is 0 Å². The number of para-hydroxylation sites is 1. The molecule has 1 saturated heterocycles. The Morgan fingerprint density at radius 1 is 1.16 bits per heavy atom. The van der Waals surface area contributed by atoms with Gasteiger partial charge in [-0.3, -0.25) is 9.59 Å². The third-order valence-corrected chi connectivity index (χ3v) is 4.71. The number of nitrogens with zero attached hydrogens (tertiary/aromatic N) is 1. The lowest BCUT2D eigenvalue weighted by atomic mass is 9.93. The van der Waals surface area contributed by atoms with Crippen LogP contribution in [0.15, 0.2) is 54.6 Å². The number of methoxy groups -OCH3 is 1. The Morgan fingerprint density at radius 3 is 2.56 bits per heavy atom. The molecule has 25 heavy (non-hydrogen) atoms.